The monoisotopic (exact) mass is 320 g/mol. The van der Waals surface area contributed by atoms with E-state index >= 15 is 0 Å². The molecule has 1 aliphatic heterocycles. The second kappa shape index (κ2) is 6.26. The summed E-state index contributed by atoms with van der Waals surface area (Å²) in [5, 5.41) is 0.871. The molecule has 6 nitrogen and oxygen atoms in total. The standard InChI is InChI=1S/C15H20N4O2S/c1-9(2)12-13-14(17-11(16-12)8-21-3)18-15(22-13)19-6-4-5-10(19)7-20/h7,9-10H,4-6,8H2,1-3H3/t10-/m1/s1. The summed E-state index contributed by atoms with van der Waals surface area (Å²) in [4.78, 5) is 27.1. The van der Waals surface area contributed by atoms with Crippen molar-refractivity contribution in [3.05, 3.63) is 11.5 Å². The highest BCUT2D eigenvalue weighted by atomic mass is 32.1. The van der Waals surface area contributed by atoms with Crippen LogP contribution in [0.3, 0.4) is 0 Å². The normalized spacial score (nSPS) is 18.5. The number of methoxy groups -OCH3 is 1. The molecule has 22 heavy (non-hydrogen) atoms. The molecule has 0 amide bonds. The van der Waals surface area contributed by atoms with Crippen molar-refractivity contribution in [1.29, 1.82) is 0 Å². The van der Waals surface area contributed by atoms with Gasteiger partial charge in [-0.1, -0.05) is 25.2 Å². The van der Waals surface area contributed by atoms with Gasteiger partial charge in [-0.15, -0.1) is 0 Å². The van der Waals surface area contributed by atoms with Gasteiger partial charge in [0, 0.05) is 13.7 Å². The Morgan fingerprint density at radius 1 is 1.41 bits per heavy atom. The van der Waals surface area contributed by atoms with E-state index in [1.54, 1.807) is 18.4 Å². The van der Waals surface area contributed by atoms with Crippen LogP contribution in [0.4, 0.5) is 5.13 Å². The minimum atomic E-state index is -0.0607. The van der Waals surface area contributed by atoms with Gasteiger partial charge in [-0.05, 0) is 18.8 Å². The molecule has 0 aliphatic carbocycles. The Balaban J connectivity index is 2.07. The van der Waals surface area contributed by atoms with Gasteiger partial charge in [0.15, 0.2) is 16.6 Å². The van der Waals surface area contributed by atoms with E-state index in [1.807, 2.05) is 0 Å². The highest BCUT2D eigenvalue weighted by molar-refractivity contribution is 7.22. The molecule has 0 unspecified atom stereocenters. The SMILES string of the molecule is COCc1nc(C(C)C)c2sc(N3CCC[C@@H]3C=O)nc2n1. The molecular formula is C15H20N4O2S. The van der Waals surface area contributed by atoms with Crippen LogP contribution in [0.15, 0.2) is 0 Å². The molecule has 0 N–H and O–H groups in total. The molecule has 0 radical (unpaired) electrons. The Labute approximate surface area is 133 Å². The number of hydrogen-bond acceptors (Lipinski definition) is 7. The Hall–Kier alpha value is -1.60. The lowest BCUT2D eigenvalue weighted by atomic mass is 10.1. The first kappa shape index (κ1) is 15.3. The van der Waals surface area contributed by atoms with Crippen molar-refractivity contribution < 1.29 is 9.53 Å². The quantitative estimate of drug-likeness (QED) is 0.789. The number of anilines is 1. The van der Waals surface area contributed by atoms with Crippen LogP contribution in [0.25, 0.3) is 10.3 Å². The Morgan fingerprint density at radius 2 is 2.23 bits per heavy atom. The predicted octanol–water partition coefficient (Wildman–Crippen LogP) is 2.52. The third-order valence-electron chi connectivity index (χ3n) is 3.84. The lowest BCUT2D eigenvalue weighted by molar-refractivity contribution is -0.108. The summed E-state index contributed by atoms with van der Waals surface area (Å²) in [6.07, 6.45) is 2.94. The van der Waals surface area contributed by atoms with E-state index in [9.17, 15) is 4.79 Å². The van der Waals surface area contributed by atoms with E-state index in [1.165, 1.54) is 0 Å². The molecule has 3 rings (SSSR count). The number of nitrogens with zero attached hydrogens (tertiary/aromatic N) is 4. The number of aromatic nitrogens is 3. The summed E-state index contributed by atoms with van der Waals surface area (Å²) >= 11 is 1.59. The van der Waals surface area contributed by atoms with E-state index in [4.69, 9.17) is 4.74 Å². The largest absolute Gasteiger partial charge is 0.377 e. The van der Waals surface area contributed by atoms with Gasteiger partial charge in [0.05, 0.1) is 16.4 Å². The number of ether oxygens (including phenoxy) is 1. The average Bonchev–Trinajstić information content (AvgIpc) is 3.12. The highest BCUT2D eigenvalue weighted by Crippen LogP contribution is 2.35. The summed E-state index contributed by atoms with van der Waals surface area (Å²) < 4.78 is 6.16. The van der Waals surface area contributed by atoms with Crippen LogP contribution in [-0.2, 0) is 16.1 Å². The molecule has 1 saturated heterocycles. The number of rotatable bonds is 5. The van der Waals surface area contributed by atoms with Crippen molar-refractivity contribution in [2.24, 2.45) is 0 Å². The van der Waals surface area contributed by atoms with Gasteiger partial charge in [0.2, 0.25) is 0 Å². The Morgan fingerprint density at radius 3 is 2.91 bits per heavy atom. The molecule has 7 heteroatoms. The first-order valence-electron chi connectivity index (χ1n) is 7.52. The molecular weight excluding hydrogens is 300 g/mol. The first-order valence-corrected chi connectivity index (χ1v) is 8.34. The fourth-order valence-electron chi connectivity index (χ4n) is 2.76. The van der Waals surface area contributed by atoms with Gasteiger partial charge < -0.3 is 14.4 Å². The van der Waals surface area contributed by atoms with Crippen LogP contribution in [0, 0.1) is 0 Å². The van der Waals surface area contributed by atoms with Crippen LogP contribution in [0.2, 0.25) is 0 Å². The van der Waals surface area contributed by atoms with E-state index in [-0.39, 0.29) is 12.0 Å². The third-order valence-corrected chi connectivity index (χ3v) is 4.94. The Bertz CT molecular complexity index is 685. The Kier molecular flexibility index (Phi) is 4.35. The molecule has 0 spiro atoms. The van der Waals surface area contributed by atoms with Gasteiger partial charge in [-0.2, -0.15) is 4.98 Å². The van der Waals surface area contributed by atoms with Gasteiger partial charge in [0.25, 0.3) is 0 Å². The van der Waals surface area contributed by atoms with Gasteiger partial charge in [0.1, 0.15) is 12.9 Å². The number of carbonyl (C=O) groups is 1. The lowest BCUT2D eigenvalue weighted by Gasteiger charge is -2.18. The summed E-state index contributed by atoms with van der Waals surface area (Å²) in [5.74, 6) is 0.943. The molecule has 1 aliphatic rings. The van der Waals surface area contributed by atoms with Crippen LogP contribution < -0.4 is 4.90 Å². The summed E-state index contributed by atoms with van der Waals surface area (Å²) in [5.41, 5.74) is 1.71. The summed E-state index contributed by atoms with van der Waals surface area (Å²) in [7, 11) is 1.63. The topological polar surface area (TPSA) is 68.2 Å². The minimum absolute atomic E-state index is 0.0607. The molecule has 2 aromatic rings. The van der Waals surface area contributed by atoms with Crippen LogP contribution in [-0.4, -0.2) is 40.9 Å². The zero-order valence-electron chi connectivity index (χ0n) is 13.1. The third kappa shape index (κ3) is 2.70. The van der Waals surface area contributed by atoms with Gasteiger partial charge >= 0.3 is 0 Å². The first-order chi connectivity index (χ1) is 10.6. The van der Waals surface area contributed by atoms with Crippen LogP contribution >= 0.6 is 11.3 Å². The summed E-state index contributed by atoms with van der Waals surface area (Å²) in [6, 6.07) is -0.0607. The highest BCUT2D eigenvalue weighted by Gasteiger charge is 2.27. The average molecular weight is 320 g/mol. The van der Waals surface area contributed by atoms with E-state index in [0.29, 0.717) is 18.1 Å². The second-order valence-corrected chi connectivity index (χ2v) is 6.78. The number of aldehydes is 1. The van der Waals surface area contributed by atoms with Crippen LogP contribution in [0.5, 0.6) is 0 Å². The second-order valence-electron chi connectivity index (χ2n) is 5.80. The number of fused-ring (bicyclic) bond motifs is 1. The number of hydrogen-bond donors (Lipinski definition) is 0. The maximum Gasteiger partial charge on any atom is 0.188 e. The maximum atomic E-state index is 11.2. The molecule has 0 bridgehead atoms. The van der Waals surface area contributed by atoms with Crippen LogP contribution in [0.1, 0.15) is 44.1 Å². The molecule has 2 aromatic heterocycles. The number of thiazole rings is 1. The molecule has 1 atom stereocenters. The van der Waals surface area contributed by atoms with Crippen molar-refractivity contribution in [3.8, 4) is 0 Å². The van der Waals surface area contributed by atoms with Gasteiger partial charge in [-0.3, -0.25) is 0 Å². The fraction of sp³-hybridized carbons (Fsp3) is 0.600. The summed E-state index contributed by atoms with van der Waals surface area (Å²) in [6.45, 7) is 5.48. The molecule has 3 heterocycles. The van der Waals surface area contributed by atoms with E-state index in [2.05, 4.69) is 33.7 Å². The van der Waals surface area contributed by atoms with Gasteiger partial charge in [-0.25, -0.2) is 9.97 Å². The molecule has 1 fully saturated rings. The maximum absolute atomic E-state index is 11.2. The predicted molar refractivity (Wildman–Crippen MR) is 86.4 cm³/mol. The lowest BCUT2D eigenvalue weighted by Crippen LogP contribution is -2.29. The molecule has 0 saturated carbocycles. The smallest absolute Gasteiger partial charge is 0.188 e. The van der Waals surface area contributed by atoms with Crippen molar-refractivity contribution in [3.63, 3.8) is 0 Å². The van der Waals surface area contributed by atoms with Crippen molar-refractivity contribution in [1.82, 2.24) is 15.0 Å². The zero-order chi connectivity index (χ0) is 15.7. The van der Waals surface area contributed by atoms with Crippen molar-refractivity contribution in [2.75, 3.05) is 18.6 Å². The fourth-order valence-corrected chi connectivity index (χ4v) is 3.99. The van der Waals surface area contributed by atoms with Crippen molar-refractivity contribution >= 4 is 33.1 Å². The van der Waals surface area contributed by atoms with E-state index in [0.717, 1.165) is 41.2 Å². The molecule has 0 aromatic carbocycles. The number of carbonyl (C=O) groups excluding carboxylic acids is 1. The zero-order valence-corrected chi connectivity index (χ0v) is 13.9. The minimum Gasteiger partial charge on any atom is -0.377 e. The molecule has 118 valence electrons. The van der Waals surface area contributed by atoms with Crippen molar-refractivity contribution in [2.45, 2.75) is 45.3 Å². The van der Waals surface area contributed by atoms with E-state index < -0.39 is 0 Å².